The van der Waals surface area contributed by atoms with E-state index in [1.807, 2.05) is 32.0 Å². The van der Waals surface area contributed by atoms with Gasteiger partial charge in [0.1, 0.15) is 5.52 Å². The van der Waals surface area contributed by atoms with E-state index < -0.39 is 0 Å². The predicted molar refractivity (Wildman–Crippen MR) is 61.9 cm³/mol. The third-order valence-corrected chi connectivity index (χ3v) is 2.37. The zero-order chi connectivity index (χ0) is 11.6. The SMILES string of the molecule is CC(C)(C#N)CNc1ccc2ncoc2c1. The summed E-state index contributed by atoms with van der Waals surface area (Å²) in [6, 6.07) is 7.95. The van der Waals surface area contributed by atoms with Crippen molar-refractivity contribution in [2.75, 3.05) is 11.9 Å². The number of nitriles is 1. The number of hydrogen-bond donors (Lipinski definition) is 1. The lowest BCUT2D eigenvalue weighted by Gasteiger charge is -2.16. The molecular weight excluding hydrogens is 202 g/mol. The van der Waals surface area contributed by atoms with Crippen LogP contribution in [0.25, 0.3) is 11.1 Å². The van der Waals surface area contributed by atoms with Crippen molar-refractivity contribution in [2.24, 2.45) is 5.41 Å². The van der Waals surface area contributed by atoms with Gasteiger partial charge in [-0.25, -0.2) is 4.98 Å². The Balaban J connectivity index is 2.13. The smallest absolute Gasteiger partial charge is 0.181 e. The molecule has 1 heterocycles. The second-order valence-corrected chi connectivity index (χ2v) is 4.38. The van der Waals surface area contributed by atoms with Crippen LogP contribution in [0, 0.1) is 16.7 Å². The minimum atomic E-state index is -0.379. The highest BCUT2D eigenvalue weighted by Crippen LogP contribution is 2.20. The van der Waals surface area contributed by atoms with Gasteiger partial charge in [-0.2, -0.15) is 5.26 Å². The Bertz CT molecular complexity index is 536. The maximum atomic E-state index is 8.89. The molecule has 0 radical (unpaired) electrons. The summed E-state index contributed by atoms with van der Waals surface area (Å²) in [5.41, 5.74) is 2.15. The average molecular weight is 215 g/mol. The highest BCUT2D eigenvalue weighted by Gasteiger charge is 2.15. The van der Waals surface area contributed by atoms with Gasteiger partial charge in [-0.15, -0.1) is 0 Å². The Morgan fingerprint density at radius 1 is 1.50 bits per heavy atom. The monoisotopic (exact) mass is 215 g/mol. The molecule has 1 aromatic carbocycles. The van der Waals surface area contributed by atoms with Crippen LogP contribution in [0.4, 0.5) is 5.69 Å². The molecule has 1 N–H and O–H groups in total. The van der Waals surface area contributed by atoms with Gasteiger partial charge in [0.05, 0.1) is 11.5 Å². The number of hydrogen-bond acceptors (Lipinski definition) is 4. The van der Waals surface area contributed by atoms with Crippen molar-refractivity contribution in [3.8, 4) is 6.07 Å². The molecule has 0 aliphatic carbocycles. The van der Waals surface area contributed by atoms with Gasteiger partial charge >= 0.3 is 0 Å². The third kappa shape index (κ3) is 2.14. The molecule has 0 unspecified atom stereocenters. The lowest BCUT2D eigenvalue weighted by atomic mass is 9.96. The Morgan fingerprint density at radius 2 is 2.31 bits per heavy atom. The minimum Gasteiger partial charge on any atom is -0.443 e. The van der Waals surface area contributed by atoms with Gasteiger partial charge in [0, 0.05) is 18.3 Å². The van der Waals surface area contributed by atoms with Crippen LogP contribution in [-0.2, 0) is 0 Å². The Hall–Kier alpha value is -2.02. The van der Waals surface area contributed by atoms with E-state index in [1.165, 1.54) is 6.39 Å². The van der Waals surface area contributed by atoms with E-state index >= 15 is 0 Å². The van der Waals surface area contributed by atoms with Crippen LogP contribution in [0.1, 0.15) is 13.8 Å². The molecule has 0 amide bonds. The first-order chi connectivity index (χ1) is 7.61. The van der Waals surface area contributed by atoms with E-state index in [9.17, 15) is 0 Å². The molecule has 1 aromatic heterocycles. The normalized spacial score (nSPS) is 11.3. The molecule has 0 aliphatic rings. The molecule has 2 rings (SSSR count). The summed E-state index contributed by atoms with van der Waals surface area (Å²) in [6.45, 7) is 4.39. The molecule has 2 aromatic rings. The van der Waals surface area contributed by atoms with E-state index in [4.69, 9.17) is 9.68 Å². The molecule has 0 fully saturated rings. The average Bonchev–Trinajstić information content (AvgIpc) is 2.73. The van der Waals surface area contributed by atoms with Crippen LogP contribution < -0.4 is 5.32 Å². The van der Waals surface area contributed by atoms with E-state index in [1.54, 1.807) is 0 Å². The van der Waals surface area contributed by atoms with Gasteiger partial charge in [0.2, 0.25) is 0 Å². The van der Waals surface area contributed by atoms with Gasteiger partial charge in [-0.3, -0.25) is 0 Å². The summed E-state index contributed by atoms with van der Waals surface area (Å²) in [6.07, 6.45) is 1.42. The van der Waals surface area contributed by atoms with Crippen molar-refractivity contribution >= 4 is 16.8 Å². The van der Waals surface area contributed by atoms with Gasteiger partial charge in [0.15, 0.2) is 12.0 Å². The molecule has 0 saturated carbocycles. The van der Waals surface area contributed by atoms with Crippen molar-refractivity contribution in [1.82, 2.24) is 4.98 Å². The van der Waals surface area contributed by atoms with E-state index in [0.717, 1.165) is 16.8 Å². The fourth-order valence-corrected chi connectivity index (χ4v) is 1.33. The van der Waals surface area contributed by atoms with Crippen molar-refractivity contribution in [3.63, 3.8) is 0 Å². The largest absolute Gasteiger partial charge is 0.443 e. The first-order valence-electron chi connectivity index (χ1n) is 5.09. The predicted octanol–water partition coefficient (Wildman–Crippen LogP) is 2.79. The quantitative estimate of drug-likeness (QED) is 0.855. The van der Waals surface area contributed by atoms with Gasteiger partial charge in [-0.1, -0.05) is 0 Å². The molecule has 0 bridgehead atoms. The summed E-state index contributed by atoms with van der Waals surface area (Å²) in [5, 5.41) is 12.1. The van der Waals surface area contributed by atoms with E-state index in [2.05, 4.69) is 16.4 Å². The third-order valence-electron chi connectivity index (χ3n) is 2.37. The molecular formula is C12H13N3O. The second kappa shape index (κ2) is 3.86. The molecule has 4 heteroatoms. The lowest BCUT2D eigenvalue weighted by molar-refractivity contribution is 0.529. The molecule has 0 saturated heterocycles. The molecule has 0 aliphatic heterocycles. The molecule has 82 valence electrons. The Morgan fingerprint density at radius 3 is 3.06 bits per heavy atom. The fraction of sp³-hybridized carbons (Fsp3) is 0.333. The standard InChI is InChI=1S/C12H13N3O/c1-12(2,6-13)7-14-9-3-4-10-11(5-9)16-8-15-10/h3-5,8,14H,7H2,1-2H3. The first kappa shape index (κ1) is 10.5. The zero-order valence-corrected chi connectivity index (χ0v) is 9.32. The van der Waals surface area contributed by atoms with Crippen molar-refractivity contribution in [2.45, 2.75) is 13.8 Å². The summed E-state index contributed by atoms with van der Waals surface area (Å²) >= 11 is 0. The van der Waals surface area contributed by atoms with Crippen molar-refractivity contribution in [3.05, 3.63) is 24.6 Å². The van der Waals surface area contributed by atoms with Crippen LogP contribution in [-0.4, -0.2) is 11.5 Å². The van der Waals surface area contributed by atoms with Crippen molar-refractivity contribution in [1.29, 1.82) is 5.26 Å². The van der Waals surface area contributed by atoms with Crippen LogP contribution in [0.5, 0.6) is 0 Å². The number of anilines is 1. The number of aromatic nitrogens is 1. The van der Waals surface area contributed by atoms with Crippen LogP contribution in [0.2, 0.25) is 0 Å². The number of rotatable bonds is 3. The second-order valence-electron chi connectivity index (χ2n) is 4.38. The molecule has 0 spiro atoms. The first-order valence-corrected chi connectivity index (χ1v) is 5.09. The maximum Gasteiger partial charge on any atom is 0.181 e. The summed E-state index contributed by atoms with van der Waals surface area (Å²) < 4.78 is 5.20. The maximum absolute atomic E-state index is 8.89. The summed E-state index contributed by atoms with van der Waals surface area (Å²) in [5.74, 6) is 0. The topological polar surface area (TPSA) is 61.9 Å². The fourth-order valence-electron chi connectivity index (χ4n) is 1.33. The Labute approximate surface area is 93.9 Å². The summed E-state index contributed by atoms with van der Waals surface area (Å²) in [7, 11) is 0. The number of benzene rings is 1. The van der Waals surface area contributed by atoms with Gasteiger partial charge in [0.25, 0.3) is 0 Å². The molecule has 0 atom stereocenters. The van der Waals surface area contributed by atoms with E-state index in [0.29, 0.717) is 6.54 Å². The Kier molecular flexibility index (Phi) is 2.53. The van der Waals surface area contributed by atoms with Crippen molar-refractivity contribution < 1.29 is 4.42 Å². The lowest BCUT2D eigenvalue weighted by Crippen LogP contribution is -2.20. The number of nitrogens with one attached hydrogen (secondary N) is 1. The number of oxazole rings is 1. The van der Waals surface area contributed by atoms with Gasteiger partial charge in [-0.05, 0) is 26.0 Å². The zero-order valence-electron chi connectivity index (χ0n) is 9.32. The highest BCUT2D eigenvalue weighted by atomic mass is 16.3. The minimum absolute atomic E-state index is 0.379. The van der Waals surface area contributed by atoms with Gasteiger partial charge < -0.3 is 9.73 Å². The molecule has 4 nitrogen and oxygen atoms in total. The highest BCUT2D eigenvalue weighted by molar-refractivity contribution is 5.76. The van der Waals surface area contributed by atoms with Crippen LogP contribution >= 0.6 is 0 Å². The molecule has 16 heavy (non-hydrogen) atoms. The summed E-state index contributed by atoms with van der Waals surface area (Å²) in [4.78, 5) is 4.04. The van der Waals surface area contributed by atoms with Crippen LogP contribution in [0.3, 0.4) is 0 Å². The number of fused-ring (bicyclic) bond motifs is 1. The number of nitrogens with zero attached hydrogens (tertiary/aromatic N) is 2. The van der Waals surface area contributed by atoms with Crippen LogP contribution in [0.15, 0.2) is 29.0 Å². The van der Waals surface area contributed by atoms with E-state index in [-0.39, 0.29) is 5.41 Å².